The molecule has 2 aromatic carbocycles. The van der Waals surface area contributed by atoms with Gasteiger partial charge in [0.25, 0.3) is 0 Å². The van der Waals surface area contributed by atoms with Gasteiger partial charge in [0, 0.05) is 10.6 Å². The maximum Gasteiger partial charge on any atom is 0.126 e. The van der Waals surface area contributed by atoms with Crippen LogP contribution in [0.25, 0.3) is 0 Å². The van der Waals surface area contributed by atoms with E-state index in [1.807, 2.05) is 14.2 Å². The number of hydrogen-bond acceptors (Lipinski definition) is 2. The lowest BCUT2D eigenvalue weighted by Crippen LogP contribution is -2.34. The molecule has 0 saturated carbocycles. The molecule has 0 spiro atoms. The second kappa shape index (κ2) is 7.79. The SMILES string of the molecule is COc1cccc2c1[P@@](C(C)(C)C)[C@@H]([C@H]1Cc3cccc(OC)c3[P@@]1C(C)(C)C)C2. The van der Waals surface area contributed by atoms with Crippen molar-refractivity contribution in [3.05, 3.63) is 47.5 Å². The van der Waals surface area contributed by atoms with E-state index in [2.05, 4.69) is 77.9 Å². The molecule has 0 aromatic heterocycles. The summed E-state index contributed by atoms with van der Waals surface area (Å²) in [4.78, 5) is 0. The highest BCUT2D eigenvalue weighted by molar-refractivity contribution is 7.72. The molecule has 2 heterocycles. The molecule has 4 heteroatoms. The third-order valence-corrected chi connectivity index (χ3v) is 14.0. The summed E-state index contributed by atoms with van der Waals surface area (Å²) in [5.74, 6) is 2.20. The lowest BCUT2D eigenvalue weighted by molar-refractivity contribution is 0.418. The molecule has 0 unspecified atom stereocenters. The molecule has 30 heavy (non-hydrogen) atoms. The van der Waals surface area contributed by atoms with Gasteiger partial charge in [0.2, 0.25) is 0 Å². The van der Waals surface area contributed by atoms with Crippen LogP contribution >= 0.6 is 15.8 Å². The zero-order valence-corrected chi connectivity index (χ0v) is 21.5. The summed E-state index contributed by atoms with van der Waals surface area (Å²) in [7, 11) is 2.98. The van der Waals surface area contributed by atoms with Crippen LogP contribution in [-0.4, -0.2) is 35.8 Å². The van der Waals surface area contributed by atoms with E-state index in [0.29, 0.717) is 11.3 Å². The molecule has 2 aliphatic rings. The van der Waals surface area contributed by atoms with Gasteiger partial charge in [0.1, 0.15) is 11.5 Å². The first kappa shape index (κ1) is 22.1. The van der Waals surface area contributed by atoms with Crippen LogP contribution in [0.3, 0.4) is 0 Å². The molecular weight excluding hydrogens is 406 g/mol. The average molecular weight is 443 g/mol. The Morgan fingerprint density at radius 1 is 0.667 bits per heavy atom. The second-order valence-electron chi connectivity index (χ2n) is 10.6. The molecule has 4 atom stereocenters. The van der Waals surface area contributed by atoms with E-state index < -0.39 is 0 Å². The van der Waals surface area contributed by atoms with E-state index in [1.165, 1.54) is 34.6 Å². The summed E-state index contributed by atoms with van der Waals surface area (Å²) in [6.07, 6.45) is 2.37. The van der Waals surface area contributed by atoms with Crippen LogP contribution in [0.15, 0.2) is 36.4 Å². The zero-order valence-electron chi connectivity index (χ0n) is 19.7. The van der Waals surface area contributed by atoms with Gasteiger partial charge in [-0.1, -0.05) is 81.7 Å². The van der Waals surface area contributed by atoms with Crippen LogP contribution in [0.5, 0.6) is 11.5 Å². The summed E-state index contributed by atoms with van der Waals surface area (Å²) in [6.45, 7) is 14.6. The van der Waals surface area contributed by atoms with Gasteiger partial charge in [-0.25, -0.2) is 0 Å². The quantitative estimate of drug-likeness (QED) is 0.538. The van der Waals surface area contributed by atoms with Crippen molar-refractivity contribution in [2.45, 2.75) is 76.0 Å². The average Bonchev–Trinajstić information content (AvgIpc) is 3.25. The van der Waals surface area contributed by atoms with Gasteiger partial charge in [-0.15, -0.1) is 0 Å². The topological polar surface area (TPSA) is 18.5 Å². The molecule has 0 fully saturated rings. The van der Waals surface area contributed by atoms with Crippen molar-refractivity contribution in [3.63, 3.8) is 0 Å². The molecule has 4 rings (SSSR count). The Kier molecular flexibility index (Phi) is 5.74. The highest BCUT2D eigenvalue weighted by Gasteiger charge is 2.51. The molecule has 2 nitrogen and oxygen atoms in total. The van der Waals surface area contributed by atoms with E-state index in [0.717, 1.165) is 11.5 Å². The molecular formula is C26H36O2P2. The van der Waals surface area contributed by atoms with Gasteiger partial charge < -0.3 is 9.47 Å². The normalized spacial score (nSPS) is 25.7. The van der Waals surface area contributed by atoms with Crippen LogP contribution in [-0.2, 0) is 12.8 Å². The minimum atomic E-state index is -0.343. The van der Waals surface area contributed by atoms with E-state index >= 15 is 0 Å². The van der Waals surface area contributed by atoms with E-state index in [1.54, 1.807) is 0 Å². The van der Waals surface area contributed by atoms with Gasteiger partial charge in [-0.2, -0.15) is 0 Å². The molecule has 0 aliphatic carbocycles. The first-order valence-electron chi connectivity index (χ1n) is 11.0. The van der Waals surface area contributed by atoms with Gasteiger partial charge in [-0.05, 0) is 57.7 Å². The highest BCUT2D eigenvalue weighted by atomic mass is 31.1. The summed E-state index contributed by atoms with van der Waals surface area (Å²) in [5.41, 5.74) is 4.42. The highest BCUT2D eigenvalue weighted by Crippen LogP contribution is 2.69. The Morgan fingerprint density at radius 2 is 1.03 bits per heavy atom. The predicted molar refractivity (Wildman–Crippen MR) is 134 cm³/mol. The van der Waals surface area contributed by atoms with Gasteiger partial charge in [0.05, 0.1) is 14.2 Å². The van der Waals surface area contributed by atoms with Crippen molar-refractivity contribution in [2.24, 2.45) is 0 Å². The fourth-order valence-electron chi connectivity index (χ4n) is 5.59. The van der Waals surface area contributed by atoms with Gasteiger partial charge in [0.15, 0.2) is 0 Å². The van der Waals surface area contributed by atoms with E-state index in [9.17, 15) is 0 Å². The van der Waals surface area contributed by atoms with Gasteiger partial charge in [-0.3, -0.25) is 0 Å². The monoisotopic (exact) mass is 442 g/mol. The largest absolute Gasteiger partial charge is 0.496 e. The summed E-state index contributed by atoms with van der Waals surface area (Å²) in [5, 5.41) is 3.55. The van der Waals surface area contributed by atoms with Crippen LogP contribution in [0.2, 0.25) is 0 Å². The Morgan fingerprint density at radius 3 is 1.33 bits per heavy atom. The molecule has 2 aromatic rings. The first-order valence-corrected chi connectivity index (χ1v) is 13.8. The fraction of sp³-hybridized carbons (Fsp3) is 0.538. The van der Waals surface area contributed by atoms with Crippen molar-refractivity contribution < 1.29 is 9.47 Å². The third-order valence-electron chi connectivity index (χ3n) is 6.50. The Balaban J connectivity index is 1.85. The summed E-state index contributed by atoms with van der Waals surface area (Å²) < 4.78 is 11.8. The Hall–Kier alpha value is -1.10. The first-order chi connectivity index (χ1) is 14.1. The van der Waals surface area contributed by atoms with Crippen molar-refractivity contribution >= 4 is 26.5 Å². The molecule has 0 bridgehead atoms. The van der Waals surface area contributed by atoms with Crippen molar-refractivity contribution in [3.8, 4) is 11.5 Å². The van der Waals surface area contributed by atoms with Crippen molar-refractivity contribution in [2.75, 3.05) is 14.2 Å². The third kappa shape index (κ3) is 3.59. The van der Waals surface area contributed by atoms with Crippen molar-refractivity contribution in [1.82, 2.24) is 0 Å². The number of rotatable bonds is 3. The number of methoxy groups -OCH3 is 2. The van der Waals surface area contributed by atoms with Crippen LogP contribution < -0.4 is 20.1 Å². The maximum absolute atomic E-state index is 5.89. The Bertz CT molecular complexity index is 862. The number of ether oxygens (including phenoxy) is 2. The van der Waals surface area contributed by atoms with Crippen LogP contribution in [0, 0.1) is 0 Å². The fourth-order valence-corrected chi connectivity index (χ4v) is 13.8. The second-order valence-corrected chi connectivity index (χ2v) is 16.9. The molecule has 0 amide bonds. The number of benzene rings is 2. The molecule has 0 N–H and O–H groups in total. The zero-order chi connectivity index (χ0) is 21.8. The number of fused-ring (bicyclic) bond motifs is 2. The smallest absolute Gasteiger partial charge is 0.126 e. The van der Waals surface area contributed by atoms with Gasteiger partial charge >= 0.3 is 0 Å². The minimum Gasteiger partial charge on any atom is -0.496 e. The lowest BCUT2D eigenvalue weighted by Gasteiger charge is -2.42. The van der Waals surface area contributed by atoms with E-state index in [-0.39, 0.29) is 26.2 Å². The number of hydrogen-bond donors (Lipinski definition) is 0. The summed E-state index contributed by atoms with van der Waals surface area (Å²) in [6, 6.07) is 13.4. The van der Waals surface area contributed by atoms with E-state index in [4.69, 9.17) is 9.47 Å². The molecule has 0 saturated heterocycles. The minimum absolute atomic E-state index is 0.248. The molecule has 162 valence electrons. The molecule has 2 aliphatic heterocycles. The van der Waals surface area contributed by atoms with Crippen LogP contribution in [0.1, 0.15) is 52.7 Å². The predicted octanol–water partition coefficient (Wildman–Crippen LogP) is 6.06. The molecule has 0 radical (unpaired) electrons. The Labute approximate surface area is 185 Å². The maximum atomic E-state index is 5.89. The standard InChI is InChI=1S/C26H36O2P2/c1-25(2,3)29-21(15-17-11-9-13-19(27-7)23(17)29)22-16-18-12-10-14-20(28-8)24(18)30(22)26(4,5)6/h9-14,21-22H,15-16H2,1-8H3/t21-,22-,29+,30+/m1/s1. The van der Waals surface area contributed by atoms with Crippen molar-refractivity contribution in [1.29, 1.82) is 0 Å². The summed E-state index contributed by atoms with van der Waals surface area (Å²) >= 11 is 0. The lowest BCUT2D eigenvalue weighted by atomic mass is 10.0. The van der Waals surface area contributed by atoms with Crippen LogP contribution in [0.4, 0.5) is 0 Å².